The summed E-state index contributed by atoms with van der Waals surface area (Å²) in [5.74, 6) is 2.37. The number of halogens is 1. The van der Waals surface area contributed by atoms with Crippen molar-refractivity contribution in [3.05, 3.63) is 30.0 Å². The first-order chi connectivity index (χ1) is 13.2. The third-order valence-corrected chi connectivity index (χ3v) is 4.74. The molecule has 2 heterocycles. The number of carbonyl (C=O) groups excluding carboxylic acids is 1. The van der Waals surface area contributed by atoms with E-state index in [1.165, 1.54) is 0 Å². The fourth-order valence-electron chi connectivity index (χ4n) is 3.32. The van der Waals surface area contributed by atoms with Gasteiger partial charge in [0.15, 0.2) is 11.5 Å². The zero-order valence-corrected chi connectivity index (χ0v) is 17.2. The maximum Gasteiger partial charge on any atom is 0.229 e. The van der Waals surface area contributed by atoms with Gasteiger partial charge in [0.2, 0.25) is 11.7 Å². The molecular formula is C19H27ClN4O4. The van der Waals surface area contributed by atoms with Crippen LogP contribution in [0.4, 0.5) is 5.82 Å². The number of amides is 1. The lowest BCUT2D eigenvalue weighted by Gasteiger charge is -2.22. The number of ether oxygens (including phenoxy) is 3. The summed E-state index contributed by atoms with van der Waals surface area (Å²) in [7, 11) is 4.74. The van der Waals surface area contributed by atoms with Crippen LogP contribution in [0.2, 0.25) is 0 Å². The van der Waals surface area contributed by atoms with Crippen molar-refractivity contribution in [3.63, 3.8) is 0 Å². The number of anilines is 1. The van der Waals surface area contributed by atoms with Crippen LogP contribution in [-0.2, 0) is 11.3 Å². The molecule has 0 aliphatic carbocycles. The molecule has 3 rings (SSSR count). The number of piperidine rings is 1. The zero-order chi connectivity index (χ0) is 19.2. The summed E-state index contributed by atoms with van der Waals surface area (Å²) < 4.78 is 18.0. The maximum absolute atomic E-state index is 12.5. The van der Waals surface area contributed by atoms with Crippen LogP contribution in [0.25, 0.3) is 0 Å². The van der Waals surface area contributed by atoms with Gasteiger partial charge in [-0.3, -0.25) is 4.79 Å². The average molecular weight is 411 g/mol. The highest BCUT2D eigenvalue weighted by molar-refractivity contribution is 5.92. The summed E-state index contributed by atoms with van der Waals surface area (Å²) in [6.45, 7) is 2.11. The van der Waals surface area contributed by atoms with Crippen LogP contribution in [0.3, 0.4) is 0 Å². The molecule has 1 amide bonds. The normalized spacial score (nSPS) is 16.0. The molecule has 1 aliphatic heterocycles. The maximum atomic E-state index is 12.5. The second kappa shape index (κ2) is 10.2. The fourth-order valence-corrected chi connectivity index (χ4v) is 3.32. The number of methoxy groups -OCH3 is 3. The molecule has 0 radical (unpaired) electrons. The van der Waals surface area contributed by atoms with E-state index in [1.54, 1.807) is 38.3 Å². The van der Waals surface area contributed by atoms with E-state index in [9.17, 15) is 4.79 Å². The minimum absolute atomic E-state index is 0. The van der Waals surface area contributed by atoms with Gasteiger partial charge in [0.25, 0.3) is 0 Å². The number of hydrogen-bond donors (Lipinski definition) is 2. The highest BCUT2D eigenvalue weighted by Crippen LogP contribution is 2.40. The van der Waals surface area contributed by atoms with Gasteiger partial charge in [0.1, 0.15) is 5.82 Å². The summed E-state index contributed by atoms with van der Waals surface area (Å²) in [6, 6.07) is 5.52. The van der Waals surface area contributed by atoms with Gasteiger partial charge in [-0.2, -0.15) is 5.10 Å². The van der Waals surface area contributed by atoms with Gasteiger partial charge in [-0.1, -0.05) is 0 Å². The van der Waals surface area contributed by atoms with Crippen molar-refractivity contribution in [1.29, 1.82) is 0 Å². The molecule has 0 saturated carbocycles. The molecule has 1 atom stereocenters. The van der Waals surface area contributed by atoms with E-state index >= 15 is 0 Å². The monoisotopic (exact) mass is 410 g/mol. The Labute approximate surface area is 170 Å². The SMILES string of the molecule is COc1ccc(Cn2nccc2NC(=O)C2CCCNC2)c(OC)c1OC.Cl. The van der Waals surface area contributed by atoms with Gasteiger partial charge in [0.05, 0.1) is 40.0 Å². The molecule has 154 valence electrons. The molecule has 9 heteroatoms. The second-order valence-corrected chi connectivity index (χ2v) is 6.40. The third kappa shape index (κ3) is 4.69. The van der Waals surface area contributed by atoms with Crippen molar-refractivity contribution in [2.75, 3.05) is 39.7 Å². The number of hydrogen-bond acceptors (Lipinski definition) is 6. The van der Waals surface area contributed by atoms with E-state index < -0.39 is 0 Å². The van der Waals surface area contributed by atoms with Gasteiger partial charge in [0, 0.05) is 18.2 Å². The van der Waals surface area contributed by atoms with Crippen molar-refractivity contribution in [3.8, 4) is 17.2 Å². The Hall–Kier alpha value is -2.45. The van der Waals surface area contributed by atoms with E-state index in [4.69, 9.17) is 14.2 Å². The standard InChI is InChI=1S/C19H26N4O4.ClH/c1-25-15-7-6-14(17(26-2)18(15)27-3)12-23-16(8-10-21-23)22-19(24)13-5-4-9-20-11-13;/h6-8,10,13,20H,4-5,9,11-12H2,1-3H3,(H,22,24);1H. The van der Waals surface area contributed by atoms with Gasteiger partial charge < -0.3 is 24.8 Å². The van der Waals surface area contributed by atoms with Crippen LogP contribution in [0.5, 0.6) is 17.2 Å². The number of aromatic nitrogens is 2. The van der Waals surface area contributed by atoms with Crippen LogP contribution < -0.4 is 24.8 Å². The fraction of sp³-hybridized carbons (Fsp3) is 0.474. The van der Waals surface area contributed by atoms with Crippen LogP contribution in [-0.4, -0.2) is 50.1 Å². The number of rotatable bonds is 7. The highest BCUT2D eigenvalue weighted by atomic mass is 35.5. The molecule has 1 unspecified atom stereocenters. The van der Waals surface area contributed by atoms with Crippen molar-refractivity contribution in [2.24, 2.45) is 5.92 Å². The summed E-state index contributed by atoms with van der Waals surface area (Å²) in [5.41, 5.74) is 0.869. The largest absolute Gasteiger partial charge is 0.493 e. The Bertz CT molecular complexity index is 790. The Kier molecular flexibility index (Phi) is 7.95. The number of nitrogens with zero attached hydrogens (tertiary/aromatic N) is 2. The van der Waals surface area contributed by atoms with Crippen LogP contribution in [0.1, 0.15) is 18.4 Å². The topological polar surface area (TPSA) is 86.6 Å². The smallest absolute Gasteiger partial charge is 0.229 e. The Morgan fingerprint density at radius 1 is 1.21 bits per heavy atom. The van der Waals surface area contributed by atoms with Crippen LogP contribution in [0.15, 0.2) is 24.4 Å². The highest BCUT2D eigenvalue weighted by Gasteiger charge is 2.22. The number of nitrogens with one attached hydrogen (secondary N) is 2. The molecule has 8 nitrogen and oxygen atoms in total. The first-order valence-corrected chi connectivity index (χ1v) is 8.99. The molecule has 1 aromatic heterocycles. The van der Waals surface area contributed by atoms with Crippen molar-refractivity contribution >= 4 is 24.1 Å². The van der Waals surface area contributed by atoms with E-state index in [-0.39, 0.29) is 24.2 Å². The lowest BCUT2D eigenvalue weighted by molar-refractivity contribution is -0.120. The Morgan fingerprint density at radius 2 is 2.00 bits per heavy atom. The van der Waals surface area contributed by atoms with E-state index in [0.717, 1.165) is 24.9 Å². The third-order valence-electron chi connectivity index (χ3n) is 4.74. The van der Waals surface area contributed by atoms with E-state index in [2.05, 4.69) is 15.7 Å². The minimum atomic E-state index is -0.0160. The summed E-state index contributed by atoms with van der Waals surface area (Å²) >= 11 is 0. The molecule has 28 heavy (non-hydrogen) atoms. The van der Waals surface area contributed by atoms with Crippen LogP contribution >= 0.6 is 12.4 Å². The average Bonchev–Trinajstić information content (AvgIpc) is 3.14. The number of benzene rings is 1. The van der Waals surface area contributed by atoms with Crippen LogP contribution in [0, 0.1) is 5.92 Å². The first-order valence-electron chi connectivity index (χ1n) is 8.99. The Morgan fingerprint density at radius 3 is 2.64 bits per heavy atom. The predicted octanol–water partition coefficient (Wildman–Crippen LogP) is 2.32. The second-order valence-electron chi connectivity index (χ2n) is 6.40. The molecule has 2 aromatic rings. The summed E-state index contributed by atoms with van der Waals surface area (Å²) in [6.07, 6.45) is 3.58. The van der Waals surface area contributed by atoms with Crippen molar-refractivity contribution < 1.29 is 19.0 Å². The van der Waals surface area contributed by atoms with Crippen molar-refractivity contribution in [1.82, 2.24) is 15.1 Å². The molecule has 1 aromatic carbocycles. The van der Waals surface area contributed by atoms with Gasteiger partial charge in [-0.05, 0) is 31.5 Å². The minimum Gasteiger partial charge on any atom is -0.493 e. The molecular weight excluding hydrogens is 384 g/mol. The van der Waals surface area contributed by atoms with E-state index in [0.29, 0.717) is 36.2 Å². The lowest BCUT2D eigenvalue weighted by Crippen LogP contribution is -2.37. The quantitative estimate of drug-likeness (QED) is 0.728. The lowest BCUT2D eigenvalue weighted by atomic mass is 9.99. The molecule has 1 fully saturated rings. The first kappa shape index (κ1) is 21.8. The molecule has 1 saturated heterocycles. The molecule has 0 bridgehead atoms. The van der Waals surface area contributed by atoms with E-state index in [1.807, 2.05) is 12.1 Å². The zero-order valence-electron chi connectivity index (χ0n) is 16.4. The summed E-state index contributed by atoms with van der Waals surface area (Å²) in [4.78, 5) is 12.5. The number of carbonyl (C=O) groups is 1. The van der Waals surface area contributed by atoms with Gasteiger partial charge in [-0.25, -0.2) is 4.68 Å². The Balaban J connectivity index is 0.00000280. The van der Waals surface area contributed by atoms with Crippen molar-refractivity contribution in [2.45, 2.75) is 19.4 Å². The van der Waals surface area contributed by atoms with Gasteiger partial charge >= 0.3 is 0 Å². The van der Waals surface area contributed by atoms with Gasteiger partial charge in [-0.15, -0.1) is 12.4 Å². The predicted molar refractivity (Wildman–Crippen MR) is 109 cm³/mol. The molecule has 2 N–H and O–H groups in total. The molecule has 1 aliphatic rings. The molecule has 0 spiro atoms. The summed E-state index contributed by atoms with van der Waals surface area (Å²) in [5, 5.41) is 10.6.